The maximum absolute atomic E-state index is 5.78. The molecule has 0 saturated heterocycles. The second kappa shape index (κ2) is 4.13. The van der Waals surface area contributed by atoms with E-state index in [-0.39, 0.29) is 0 Å². The molecule has 0 fully saturated rings. The molecule has 12 heavy (non-hydrogen) atoms. The van der Waals surface area contributed by atoms with Crippen molar-refractivity contribution in [1.29, 1.82) is 0 Å². The van der Waals surface area contributed by atoms with Crippen LogP contribution < -0.4 is 10.4 Å². The van der Waals surface area contributed by atoms with Crippen LogP contribution in [0.5, 0.6) is 0 Å². The summed E-state index contributed by atoms with van der Waals surface area (Å²) < 4.78 is 0. The largest absolute Gasteiger partial charge is 0.0911 e. The van der Waals surface area contributed by atoms with E-state index in [0.29, 0.717) is 0 Å². The molecule has 0 saturated carbocycles. The van der Waals surface area contributed by atoms with E-state index in [1.165, 1.54) is 0 Å². The predicted molar refractivity (Wildman–Crippen MR) is 55.5 cm³/mol. The highest BCUT2D eigenvalue weighted by Gasteiger charge is 1.84. The van der Waals surface area contributed by atoms with Gasteiger partial charge in [-0.15, -0.1) is 0 Å². The highest BCUT2D eigenvalue weighted by atomic mass is 35.5. The molecule has 62 valence electrons. The summed E-state index contributed by atoms with van der Waals surface area (Å²) in [4.78, 5) is 0. The highest BCUT2D eigenvalue weighted by molar-refractivity contribution is 6.30. The maximum atomic E-state index is 5.78. The zero-order valence-corrected chi connectivity index (χ0v) is 7.81. The Morgan fingerprint density at radius 3 is 2.75 bits per heavy atom. The van der Waals surface area contributed by atoms with Gasteiger partial charge in [-0.3, -0.25) is 0 Å². The van der Waals surface area contributed by atoms with Crippen molar-refractivity contribution in [3.05, 3.63) is 45.8 Å². The fourth-order valence-corrected chi connectivity index (χ4v) is 1.13. The minimum Gasteiger partial charge on any atom is -0.0911 e. The van der Waals surface area contributed by atoms with Gasteiger partial charge in [0, 0.05) is 5.02 Å². The Bertz CT molecular complexity index is 388. The number of hydrogen-bond acceptors (Lipinski definition) is 0. The Morgan fingerprint density at radius 2 is 2.17 bits per heavy atom. The van der Waals surface area contributed by atoms with Crippen molar-refractivity contribution in [3.63, 3.8) is 0 Å². The smallest absolute Gasteiger partial charge is 0.0412 e. The molecule has 0 aromatic heterocycles. The molecule has 0 atom stereocenters. The number of allylic oxidation sites excluding steroid dienone is 2. The van der Waals surface area contributed by atoms with Crippen LogP contribution in [-0.4, -0.2) is 0 Å². The van der Waals surface area contributed by atoms with Gasteiger partial charge in [0.1, 0.15) is 0 Å². The molecule has 1 aromatic carbocycles. The summed E-state index contributed by atoms with van der Waals surface area (Å²) in [7, 11) is 0. The first-order valence-electron chi connectivity index (χ1n) is 3.81. The topological polar surface area (TPSA) is 0 Å². The van der Waals surface area contributed by atoms with Gasteiger partial charge in [-0.25, -0.2) is 0 Å². The Labute approximate surface area is 77.5 Å². The second-order valence-corrected chi connectivity index (χ2v) is 2.97. The lowest BCUT2D eigenvalue weighted by atomic mass is 10.2. The molecule has 0 nitrogen and oxygen atoms in total. The highest BCUT2D eigenvalue weighted by Crippen LogP contribution is 1.99. The van der Waals surface area contributed by atoms with Gasteiger partial charge >= 0.3 is 0 Å². The van der Waals surface area contributed by atoms with Crippen molar-refractivity contribution in [2.75, 3.05) is 0 Å². The lowest BCUT2D eigenvalue weighted by Crippen LogP contribution is -2.21. The summed E-state index contributed by atoms with van der Waals surface area (Å²) in [6.45, 7) is 5.87. The van der Waals surface area contributed by atoms with Crippen LogP contribution in [0.25, 0.3) is 12.7 Å². The molecule has 1 heteroatoms. The monoisotopic (exact) mass is 178 g/mol. The van der Waals surface area contributed by atoms with Gasteiger partial charge in [-0.05, 0) is 29.5 Å². The number of rotatable bonds is 1. The third-order valence-corrected chi connectivity index (χ3v) is 1.81. The predicted octanol–water partition coefficient (Wildman–Crippen LogP) is 2.11. The standard InChI is InChI=1S/C11H11Cl/c1-3-4-5-10-6-7-11(12)8-9(10)2/h3-8H,2H2,1H3/b4-3-,10-5-. The van der Waals surface area contributed by atoms with Crippen molar-refractivity contribution in [2.45, 2.75) is 6.92 Å². The van der Waals surface area contributed by atoms with E-state index in [4.69, 9.17) is 11.6 Å². The van der Waals surface area contributed by atoms with E-state index in [9.17, 15) is 0 Å². The molecule has 0 aliphatic rings. The van der Waals surface area contributed by atoms with Crippen LogP contribution in [0.2, 0.25) is 5.02 Å². The van der Waals surface area contributed by atoms with Crippen LogP contribution in [0.3, 0.4) is 0 Å². The Morgan fingerprint density at radius 1 is 1.42 bits per heavy atom. The van der Waals surface area contributed by atoms with Crippen molar-refractivity contribution >= 4 is 24.3 Å². The van der Waals surface area contributed by atoms with Crippen LogP contribution in [0.1, 0.15) is 6.92 Å². The number of benzene rings is 1. The first kappa shape index (κ1) is 9.08. The fourth-order valence-electron chi connectivity index (χ4n) is 0.937. The van der Waals surface area contributed by atoms with E-state index in [2.05, 4.69) is 6.58 Å². The maximum Gasteiger partial charge on any atom is 0.0412 e. The minimum atomic E-state index is 0.734. The van der Waals surface area contributed by atoms with Crippen LogP contribution in [0.4, 0.5) is 0 Å². The SMILES string of the molecule is C=c1cc(Cl)cc/c1=C/C=C\C. The van der Waals surface area contributed by atoms with Gasteiger partial charge in [0.05, 0.1) is 0 Å². The Hall–Kier alpha value is -1.01. The third-order valence-electron chi connectivity index (χ3n) is 1.57. The molecule has 0 unspecified atom stereocenters. The quantitative estimate of drug-likeness (QED) is 0.618. The zero-order valence-electron chi connectivity index (χ0n) is 7.05. The summed E-state index contributed by atoms with van der Waals surface area (Å²) in [6, 6.07) is 5.69. The molecular formula is C11H11Cl. The summed E-state index contributed by atoms with van der Waals surface area (Å²) >= 11 is 5.78. The lowest BCUT2D eigenvalue weighted by molar-refractivity contribution is 1.53. The molecule has 1 rings (SSSR count). The average molecular weight is 179 g/mol. The summed E-state index contributed by atoms with van der Waals surface area (Å²) in [5.41, 5.74) is 0. The molecule has 0 bridgehead atoms. The van der Waals surface area contributed by atoms with Gasteiger partial charge < -0.3 is 0 Å². The minimum absolute atomic E-state index is 0.734. The van der Waals surface area contributed by atoms with Crippen molar-refractivity contribution < 1.29 is 0 Å². The van der Waals surface area contributed by atoms with Crippen LogP contribution in [0.15, 0.2) is 30.4 Å². The van der Waals surface area contributed by atoms with Crippen LogP contribution >= 0.6 is 11.6 Å². The summed E-state index contributed by atoms with van der Waals surface area (Å²) in [6.07, 6.45) is 5.98. The van der Waals surface area contributed by atoms with Crippen LogP contribution in [0, 0.1) is 0 Å². The molecule has 0 spiro atoms. The molecule has 0 N–H and O–H groups in total. The fraction of sp³-hybridized carbons (Fsp3) is 0.0909. The normalized spacial score (nSPS) is 12.7. The van der Waals surface area contributed by atoms with E-state index >= 15 is 0 Å². The summed E-state index contributed by atoms with van der Waals surface area (Å²) in [5, 5.41) is 2.80. The van der Waals surface area contributed by atoms with Crippen molar-refractivity contribution in [3.8, 4) is 0 Å². The molecule has 0 amide bonds. The van der Waals surface area contributed by atoms with E-state index < -0.39 is 0 Å². The third kappa shape index (κ3) is 2.24. The molecule has 0 heterocycles. The van der Waals surface area contributed by atoms with Crippen molar-refractivity contribution in [1.82, 2.24) is 0 Å². The Kier molecular flexibility index (Phi) is 3.12. The van der Waals surface area contributed by atoms with Crippen LogP contribution in [-0.2, 0) is 0 Å². The molecule has 1 aromatic rings. The number of hydrogen-bond donors (Lipinski definition) is 0. The average Bonchev–Trinajstić information content (AvgIpc) is 2.03. The zero-order chi connectivity index (χ0) is 8.97. The van der Waals surface area contributed by atoms with E-state index in [0.717, 1.165) is 15.5 Å². The Balaban J connectivity index is 3.28. The first-order chi connectivity index (χ1) is 5.74. The number of halogens is 1. The molecule has 0 aliphatic carbocycles. The molecular weight excluding hydrogens is 168 g/mol. The van der Waals surface area contributed by atoms with Crippen molar-refractivity contribution in [2.24, 2.45) is 0 Å². The van der Waals surface area contributed by atoms with Gasteiger partial charge in [-0.2, -0.15) is 0 Å². The molecule has 0 aliphatic heterocycles. The molecule has 0 radical (unpaired) electrons. The van der Waals surface area contributed by atoms with Gasteiger partial charge in [0.15, 0.2) is 0 Å². The van der Waals surface area contributed by atoms with Gasteiger partial charge in [-0.1, -0.05) is 42.5 Å². The lowest BCUT2D eigenvalue weighted by Gasteiger charge is -1.89. The second-order valence-electron chi connectivity index (χ2n) is 2.54. The van der Waals surface area contributed by atoms with E-state index in [1.807, 2.05) is 43.4 Å². The van der Waals surface area contributed by atoms with Gasteiger partial charge in [0.25, 0.3) is 0 Å². The van der Waals surface area contributed by atoms with E-state index in [1.54, 1.807) is 0 Å². The van der Waals surface area contributed by atoms with Gasteiger partial charge in [0.2, 0.25) is 0 Å². The first-order valence-corrected chi connectivity index (χ1v) is 4.19. The summed E-state index contributed by atoms with van der Waals surface area (Å²) in [5.74, 6) is 0.